The Balaban J connectivity index is 1.78. The van der Waals surface area contributed by atoms with Crippen LogP contribution in [0.5, 0.6) is 0 Å². The molecular formula is C23H47N3. The summed E-state index contributed by atoms with van der Waals surface area (Å²) in [5.74, 6) is 0. The van der Waals surface area contributed by atoms with Gasteiger partial charge in [-0.2, -0.15) is 0 Å². The molecule has 1 rings (SSSR count). The molecular weight excluding hydrogens is 318 g/mol. The molecule has 0 amide bonds. The van der Waals surface area contributed by atoms with Crippen molar-refractivity contribution in [3.8, 4) is 0 Å². The van der Waals surface area contributed by atoms with Crippen LogP contribution in [0.2, 0.25) is 0 Å². The van der Waals surface area contributed by atoms with Crippen LogP contribution in [0.15, 0.2) is 12.2 Å². The summed E-state index contributed by atoms with van der Waals surface area (Å²) in [6.45, 7) is 6.43. The Morgan fingerprint density at radius 3 is 2.04 bits per heavy atom. The summed E-state index contributed by atoms with van der Waals surface area (Å²) in [7, 11) is 0. The van der Waals surface area contributed by atoms with Gasteiger partial charge in [0.15, 0.2) is 0 Å². The first-order chi connectivity index (χ1) is 12.9. The fourth-order valence-corrected chi connectivity index (χ4v) is 3.96. The monoisotopic (exact) mass is 365 g/mol. The lowest BCUT2D eigenvalue weighted by Crippen LogP contribution is -2.38. The summed E-state index contributed by atoms with van der Waals surface area (Å²) in [4.78, 5) is 2.51. The Kier molecular flexibility index (Phi) is 16.4. The van der Waals surface area contributed by atoms with Crippen LogP contribution in [-0.2, 0) is 0 Å². The molecule has 1 aliphatic rings. The van der Waals surface area contributed by atoms with Crippen molar-refractivity contribution in [2.75, 3.05) is 26.2 Å². The Labute approximate surface area is 164 Å². The summed E-state index contributed by atoms with van der Waals surface area (Å²) in [5, 5.41) is 3.61. The lowest BCUT2D eigenvalue weighted by Gasteiger charge is -2.23. The third kappa shape index (κ3) is 12.9. The highest BCUT2D eigenvalue weighted by atomic mass is 15.3. The second kappa shape index (κ2) is 18.0. The Bertz CT molecular complexity index is 317. The van der Waals surface area contributed by atoms with Gasteiger partial charge in [-0.05, 0) is 32.1 Å². The molecule has 1 fully saturated rings. The van der Waals surface area contributed by atoms with Crippen molar-refractivity contribution >= 4 is 0 Å². The molecule has 0 saturated carbocycles. The average molecular weight is 366 g/mol. The minimum Gasteiger partial charge on any atom is -0.329 e. The van der Waals surface area contributed by atoms with Crippen LogP contribution in [0.1, 0.15) is 103 Å². The van der Waals surface area contributed by atoms with Crippen molar-refractivity contribution in [1.82, 2.24) is 10.2 Å². The van der Waals surface area contributed by atoms with E-state index in [0.717, 1.165) is 19.6 Å². The van der Waals surface area contributed by atoms with Crippen LogP contribution in [-0.4, -0.2) is 37.2 Å². The van der Waals surface area contributed by atoms with Crippen LogP contribution in [0.3, 0.4) is 0 Å². The summed E-state index contributed by atoms with van der Waals surface area (Å²) < 4.78 is 0. The maximum absolute atomic E-state index is 5.69. The zero-order valence-corrected chi connectivity index (χ0v) is 17.7. The molecule has 0 aromatic heterocycles. The van der Waals surface area contributed by atoms with Gasteiger partial charge in [-0.15, -0.1) is 0 Å². The van der Waals surface area contributed by atoms with Crippen molar-refractivity contribution < 1.29 is 0 Å². The van der Waals surface area contributed by atoms with Gasteiger partial charge in [0.05, 0.1) is 6.17 Å². The highest BCUT2D eigenvalue weighted by molar-refractivity contribution is 4.81. The third-order valence-corrected chi connectivity index (χ3v) is 5.63. The standard InChI is InChI=1S/C23H47N3/c1-2-3-4-5-6-7-8-9-10-11-12-13-14-15-16-17-18-23-25-20-22-26(23)21-19-24/h9-10,23,25H,2-8,11-22,24H2,1H3. The maximum atomic E-state index is 5.69. The van der Waals surface area contributed by atoms with Crippen LogP contribution in [0.25, 0.3) is 0 Å². The van der Waals surface area contributed by atoms with E-state index >= 15 is 0 Å². The molecule has 0 spiro atoms. The van der Waals surface area contributed by atoms with Gasteiger partial charge in [-0.3, -0.25) is 4.90 Å². The van der Waals surface area contributed by atoms with Gasteiger partial charge in [0.25, 0.3) is 0 Å². The number of nitrogens with zero attached hydrogens (tertiary/aromatic N) is 1. The molecule has 0 aromatic carbocycles. The number of hydrogen-bond donors (Lipinski definition) is 2. The average Bonchev–Trinajstić information content (AvgIpc) is 3.09. The number of unbranched alkanes of at least 4 members (excludes halogenated alkanes) is 12. The largest absolute Gasteiger partial charge is 0.329 e. The van der Waals surface area contributed by atoms with Crippen LogP contribution in [0.4, 0.5) is 0 Å². The van der Waals surface area contributed by atoms with Crippen molar-refractivity contribution in [1.29, 1.82) is 0 Å². The first kappa shape index (κ1) is 23.7. The van der Waals surface area contributed by atoms with Crippen molar-refractivity contribution in [2.45, 2.75) is 109 Å². The second-order valence-corrected chi connectivity index (χ2v) is 8.02. The SMILES string of the molecule is CCCCCCCCC=CCCCCCCCCC1NCCN1CCN. The first-order valence-corrected chi connectivity index (χ1v) is 11.7. The van der Waals surface area contributed by atoms with Crippen LogP contribution < -0.4 is 11.1 Å². The fourth-order valence-electron chi connectivity index (χ4n) is 3.96. The van der Waals surface area contributed by atoms with Crippen molar-refractivity contribution in [3.05, 3.63) is 12.2 Å². The molecule has 3 N–H and O–H groups in total. The quantitative estimate of drug-likeness (QED) is 0.245. The predicted octanol–water partition coefficient (Wildman–Crippen LogP) is 5.60. The van der Waals surface area contributed by atoms with Gasteiger partial charge >= 0.3 is 0 Å². The topological polar surface area (TPSA) is 41.3 Å². The normalized spacial score (nSPS) is 18.3. The summed E-state index contributed by atoms with van der Waals surface area (Å²) in [6.07, 6.45) is 26.1. The Morgan fingerprint density at radius 1 is 0.846 bits per heavy atom. The molecule has 1 saturated heterocycles. The van der Waals surface area contributed by atoms with Gasteiger partial charge in [0, 0.05) is 26.2 Å². The van der Waals surface area contributed by atoms with E-state index in [4.69, 9.17) is 5.73 Å². The molecule has 1 unspecified atom stereocenters. The van der Waals surface area contributed by atoms with Crippen molar-refractivity contribution in [2.24, 2.45) is 5.73 Å². The molecule has 0 aromatic rings. The molecule has 0 radical (unpaired) electrons. The highest BCUT2D eigenvalue weighted by Gasteiger charge is 2.21. The molecule has 1 aliphatic heterocycles. The van der Waals surface area contributed by atoms with Gasteiger partial charge < -0.3 is 11.1 Å². The molecule has 1 atom stereocenters. The van der Waals surface area contributed by atoms with Gasteiger partial charge in [0.1, 0.15) is 0 Å². The summed E-state index contributed by atoms with van der Waals surface area (Å²) in [5.41, 5.74) is 5.69. The summed E-state index contributed by atoms with van der Waals surface area (Å²) >= 11 is 0. The molecule has 3 heteroatoms. The number of rotatable bonds is 18. The van der Waals surface area contributed by atoms with E-state index < -0.39 is 0 Å². The molecule has 1 heterocycles. The number of nitrogens with one attached hydrogen (secondary N) is 1. The molecule has 154 valence electrons. The van der Waals surface area contributed by atoms with Gasteiger partial charge in [0.2, 0.25) is 0 Å². The highest BCUT2D eigenvalue weighted by Crippen LogP contribution is 2.14. The number of hydrogen-bond acceptors (Lipinski definition) is 3. The molecule has 26 heavy (non-hydrogen) atoms. The minimum atomic E-state index is 0.593. The van der Waals surface area contributed by atoms with E-state index in [1.54, 1.807) is 0 Å². The lowest BCUT2D eigenvalue weighted by atomic mass is 10.1. The van der Waals surface area contributed by atoms with E-state index in [1.807, 2.05) is 0 Å². The van der Waals surface area contributed by atoms with Gasteiger partial charge in [-0.1, -0.05) is 83.3 Å². The summed E-state index contributed by atoms with van der Waals surface area (Å²) in [6, 6.07) is 0. The number of nitrogens with two attached hydrogens (primary N) is 1. The van der Waals surface area contributed by atoms with Crippen LogP contribution >= 0.6 is 0 Å². The predicted molar refractivity (Wildman–Crippen MR) is 116 cm³/mol. The molecule has 0 bridgehead atoms. The first-order valence-electron chi connectivity index (χ1n) is 11.7. The zero-order valence-electron chi connectivity index (χ0n) is 17.7. The Morgan fingerprint density at radius 2 is 1.42 bits per heavy atom. The smallest absolute Gasteiger partial charge is 0.0598 e. The van der Waals surface area contributed by atoms with Crippen LogP contribution in [0, 0.1) is 0 Å². The minimum absolute atomic E-state index is 0.593. The third-order valence-electron chi connectivity index (χ3n) is 5.63. The maximum Gasteiger partial charge on any atom is 0.0598 e. The van der Waals surface area contributed by atoms with E-state index in [-0.39, 0.29) is 0 Å². The number of allylic oxidation sites excluding steroid dienone is 2. The zero-order chi connectivity index (χ0) is 18.7. The van der Waals surface area contributed by atoms with E-state index in [0.29, 0.717) is 6.17 Å². The Hall–Kier alpha value is -0.380. The van der Waals surface area contributed by atoms with E-state index in [1.165, 1.54) is 103 Å². The molecule has 0 aliphatic carbocycles. The fraction of sp³-hybridized carbons (Fsp3) is 0.913. The van der Waals surface area contributed by atoms with Crippen molar-refractivity contribution in [3.63, 3.8) is 0 Å². The lowest BCUT2D eigenvalue weighted by molar-refractivity contribution is 0.231. The molecule has 3 nitrogen and oxygen atoms in total. The second-order valence-electron chi connectivity index (χ2n) is 8.02. The van der Waals surface area contributed by atoms with E-state index in [9.17, 15) is 0 Å². The van der Waals surface area contributed by atoms with E-state index in [2.05, 4.69) is 29.3 Å². The van der Waals surface area contributed by atoms with Gasteiger partial charge in [-0.25, -0.2) is 0 Å².